The van der Waals surface area contributed by atoms with E-state index in [4.69, 9.17) is 0 Å². The van der Waals surface area contributed by atoms with Crippen LogP contribution in [-0.4, -0.2) is 0 Å². The van der Waals surface area contributed by atoms with Gasteiger partial charge in [-0.15, -0.1) is 45.3 Å². The first kappa shape index (κ1) is 103. The largest absolute Gasteiger partial charge is 0.134 e. The van der Waals surface area contributed by atoms with Gasteiger partial charge >= 0.3 is 0 Å². The molecule has 736 valence electrons. The van der Waals surface area contributed by atoms with E-state index >= 15 is 0 Å². The predicted octanol–water partition coefficient (Wildman–Crippen LogP) is 43.6. The van der Waals surface area contributed by atoms with Crippen molar-refractivity contribution in [3.63, 3.8) is 0 Å². The monoisotopic (exact) mass is 1930 g/mol. The maximum Gasteiger partial charge on any atom is 0.0447 e. The van der Waals surface area contributed by atoms with E-state index in [0.29, 0.717) is 0 Å². The lowest BCUT2D eigenvalue weighted by molar-refractivity contribution is 0.568. The van der Waals surface area contributed by atoms with Crippen LogP contribution in [0.3, 0.4) is 0 Å². The Hall–Kier alpha value is -8.48. The van der Waals surface area contributed by atoms with Gasteiger partial charge in [-0.1, -0.05) is 478 Å². The average molecular weight is 1930 g/mol. The smallest absolute Gasteiger partial charge is 0.0447 e. The molecular weight excluding hydrogens is 1760 g/mol. The zero-order valence-corrected chi connectivity index (χ0v) is 98.8. The molecule has 17 rings (SSSR count). The van der Waals surface area contributed by atoms with Gasteiger partial charge in [-0.25, -0.2) is 0 Å². The van der Waals surface area contributed by atoms with Crippen molar-refractivity contribution < 1.29 is 0 Å². The van der Waals surface area contributed by atoms with Crippen LogP contribution in [0.4, 0.5) is 0 Å². The summed E-state index contributed by atoms with van der Waals surface area (Å²) in [5.41, 5.74) is 39.1. The van der Waals surface area contributed by atoms with Gasteiger partial charge in [0.25, 0.3) is 0 Å². The van der Waals surface area contributed by atoms with Gasteiger partial charge in [0.15, 0.2) is 0 Å². The van der Waals surface area contributed by atoms with Gasteiger partial charge in [0.05, 0.1) is 0 Å². The molecule has 0 bridgehead atoms. The van der Waals surface area contributed by atoms with Crippen LogP contribution < -0.4 is 0 Å². The molecule has 4 aromatic heterocycles. The zero-order valence-electron chi connectivity index (χ0n) is 95.5. The number of rotatable bonds is 8. The van der Waals surface area contributed by atoms with E-state index in [2.05, 4.69) is 523 Å². The summed E-state index contributed by atoms with van der Waals surface area (Å²) in [6.45, 7) is 118. The molecule has 0 aliphatic heterocycles. The molecule has 0 radical (unpaired) electrons. The second-order valence-electron chi connectivity index (χ2n) is 59.4. The van der Waals surface area contributed by atoms with Crippen LogP contribution in [0.5, 0.6) is 0 Å². The number of benzene rings is 12. The van der Waals surface area contributed by atoms with Gasteiger partial charge < -0.3 is 0 Å². The van der Waals surface area contributed by atoms with Crippen molar-refractivity contribution in [1.29, 1.82) is 0 Å². The molecule has 0 unspecified atom stereocenters. The highest BCUT2D eigenvalue weighted by Gasteiger charge is 2.43. The van der Waals surface area contributed by atoms with E-state index in [-0.39, 0.29) is 86.6 Å². The molecule has 0 saturated carbocycles. The van der Waals surface area contributed by atoms with Crippen molar-refractivity contribution in [2.24, 2.45) is 0 Å². The van der Waals surface area contributed by atoms with E-state index in [9.17, 15) is 0 Å². The molecular formula is C136H168S4. The fourth-order valence-corrected chi connectivity index (χ4v) is 27.1. The van der Waals surface area contributed by atoms with Crippen LogP contribution in [0.25, 0.3) is 170 Å². The molecule has 4 heterocycles. The highest BCUT2D eigenvalue weighted by molar-refractivity contribution is 7.33. The summed E-state index contributed by atoms with van der Waals surface area (Å²) in [5, 5.41) is 11.1. The first-order chi connectivity index (χ1) is 63.5. The highest BCUT2D eigenvalue weighted by atomic mass is 32.1. The average Bonchev–Trinajstić information content (AvgIpc) is 1.48. The van der Waals surface area contributed by atoms with Gasteiger partial charge in [0.2, 0.25) is 0 Å². The molecule has 0 amide bonds. The summed E-state index contributed by atoms with van der Waals surface area (Å²) in [6.07, 6.45) is 0. The van der Waals surface area contributed by atoms with Gasteiger partial charge in [-0.2, -0.15) is 0 Å². The molecule has 13 aromatic carbocycles. The number of thiophene rings is 4. The van der Waals surface area contributed by atoms with E-state index in [1.165, 1.54) is 259 Å². The third kappa shape index (κ3) is 18.1. The van der Waals surface area contributed by atoms with Crippen LogP contribution in [0, 0.1) is 0 Å². The van der Waals surface area contributed by atoms with Crippen molar-refractivity contribution in [3.8, 4) is 89.0 Å². The maximum absolute atomic E-state index is 2.69. The van der Waals surface area contributed by atoms with Gasteiger partial charge in [0.1, 0.15) is 0 Å². The van der Waals surface area contributed by atoms with Gasteiger partial charge in [0, 0.05) is 125 Å². The van der Waals surface area contributed by atoms with Crippen LogP contribution in [-0.2, 0) is 86.6 Å². The summed E-state index contributed by atoms with van der Waals surface area (Å²) < 4.78 is 10.9. The Bertz CT molecular complexity index is 6170. The van der Waals surface area contributed by atoms with Crippen molar-refractivity contribution in [2.45, 2.75) is 419 Å². The molecule has 17 aromatic rings. The second-order valence-corrected chi connectivity index (χ2v) is 63.5. The first-order valence-electron chi connectivity index (χ1n) is 52.5. The Morgan fingerprint density at radius 2 is 0.164 bits per heavy atom. The van der Waals surface area contributed by atoms with E-state index in [1.54, 1.807) is 0 Å². The van der Waals surface area contributed by atoms with Crippen LogP contribution >= 0.6 is 45.3 Å². The zero-order chi connectivity index (χ0) is 104. The fourth-order valence-electron chi connectivity index (χ4n) is 21.3. The Kier molecular flexibility index (Phi) is 23.9. The normalized spacial score (nSPS) is 14.3. The molecule has 0 aliphatic carbocycles. The molecule has 0 spiro atoms. The predicted molar refractivity (Wildman–Crippen MR) is 634 cm³/mol. The van der Waals surface area contributed by atoms with Gasteiger partial charge in [-0.05, 0) is 220 Å². The standard InChI is InChI=1S/C136H168S4/c1-121(2,3)81-49-73(50-82(65-81)122(4,5)6)97-98(74-51-83(123(7,8)9)66-84(52-74)124(10,11)12)114-106-105-107-109-111-112-110-108(106)116(138-114)101(77-57-89(129(25,26)27)69-90(58-77)130(28,29)30)102(78-59-91(131(31,32)33)70-92(60-78)132(34,35)36)118(110)140-120(112)104(80-63-95(135(43,44)45)72-96(64-80)136(46,47)48)103(79-61-93(133(37,38)39)71-94(62-79)134(40,41)42)119(111)139-117(109)100(76-55-87(127(19,20)21)68-88(56-76)128(22,23)24)99(115(107)137-113(97)105)75-53-85(125(13,14)15)67-86(54-75)126(16,17)18/h49-72H,1-48H3. The first-order valence-corrected chi connectivity index (χ1v) is 55.8. The summed E-state index contributed by atoms with van der Waals surface area (Å²) in [7, 11) is 0. The summed E-state index contributed by atoms with van der Waals surface area (Å²) in [6, 6.07) is 63.6. The minimum atomic E-state index is -0.217. The number of hydrogen-bond acceptors (Lipinski definition) is 4. The molecule has 0 N–H and O–H groups in total. The Morgan fingerprint density at radius 3 is 0.221 bits per heavy atom. The quantitative estimate of drug-likeness (QED) is 0.142. The van der Waals surface area contributed by atoms with Crippen molar-refractivity contribution in [1.82, 2.24) is 0 Å². The molecule has 0 fully saturated rings. The summed E-state index contributed by atoms with van der Waals surface area (Å²) >= 11 is 8.58. The molecule has 0 atom stereocenters. The SMILES string of the molecule is CC(C)(C)c1cc(-c2c(-c3cc(C(C)(C)C)cc(C(C)(C)C)c3)c3sc4c(-c5cc(C(C)(C)C)cc(C(C)(C)C)c5)c(-c5cc(C(C)(C)C)cc(C(C)(C)C)c5)c5sc6c(-c7cc(C(C)(C)C)cc(C(C)(C)C)c7)c(-c7cc(C(C)(C)C)cc(C(C)(C)C)c7)c7sc8c(-c9cc(C(C)(C)C)cc(C(C)(C)C)c9)c(-c9cc(C(C)(C)C)cc(C(C)(C)C)c9)c9sc2c2c9c8c7c6c5c4c32)cc(C(C)(C)C)c1. The molecule has 0 nitrogen and oxygen atoms in total. The Morgan fingerprint density at radius 1 is 0.100 bits per heavy atom. The summed E-state index contributed by atoms with van der Waals surface area (Å²) in [5.74, 6) is 0. The topological polar surface area (TPSA) is 0 Å². The van der Waals surface area contributed by atoms with Crippen LogP contribution in [0.2, 0.25) is 0 Å². The van der Waals surface area contributed by atoms with Crippen molar-refractivity contribution in [2.75, 3.05) is 0 Å². The Labute approximate surface area is 861 Å². The van der Waals surface area contributed by atoms with E-state index < -0.39 is 0 Å². The lowest BCUT2D eigenvalue weighted by Gasteiger charge is -2.29. The summed E-state index contributed by atoms with van der Waals surface area (Å²) in [4.78, 5) is 0. The van der Waals surface area contributed by atoms with Crippen molar-refractivity contribution >= 4 is 126 Å². The molecule has 4 heteroatoms. The molecule has 140 heavy (non-hydrogen) atoms. The van der Waals surface area contributed by atoms with Gasteiger partial charge in [-0.3, -0.25) is 0 Å². The third-order valence-corrected chi connectivity index (χ3v) is 36.0. The molecule has 0 saturated heterocycles. The maximum atomic E-state index is 2.69. The van der Waals surface area contributed by atoms with E-state index in [0.717, 1.165) is 0 Å². The minimum absolute atomic E-state index is 0.217. The van der Waals surface area contributed by atoms with Crippen molar-refractivity contribution in [3.05, 3.63) is 235 Å². The van der Waals surface area contributed by atoms with E-state index in [1.807, 2.05) is 0 Å². The third-order valence-electron chi connectivity index (χ3n) is 31.1. The minimum Gasteiger partial charge on any atom is -0.134 e. The van der Waals surface area contributed by atoms with Crippen LogP contribution in [0.15, 0.2) is 146 Å². The van der Waals surface area contributed by atoms with Crippen LogP contribution in [0.1, 0.15) is 421 Å². The Balaban J connectivity index is 1.38. The number of hydrogen-bond donors (Lipinski definition) is 0. The second kappa shape index (κ2) is 32.5. The lowest BCUT2D eigenvalue weighted by atomic mass is 9.75. The lowest BCUT2D eigenvalue weighted by Crippen LogP contribution is -2.17. The highest BCUT2D eigenvalue weighted by Crippen LogP contribution is 2.69. The fraction of sp³-hybridized carbons (Fsp3) is 0.471. The molecule has 0 aliphatic rings.